The van der Waals surface area contributed by atoms with Crippen LogP contribution in [0.5, 0.6) is 5.75 Å². The standard InChI is InChI=1S/C18H20N4O/c23-14-6-3-5-13(11-14)12-22-17-16(8-4-10-20-17)21-18(22)15-7-1-2-9-19-15/h3-6,8,10-11,15,19,23H,1-2,7,9,12H2. The molecule has 1 atom stereocenters. The van der Waals surface area contributed by atoms with Crippen molar-refractivity contribution in [1.29, 1.82) is 0 Å². The maximum absolute atomic E-state index is 9.72. The van der Waals surface area contributed by atoms with Crippen LogP contribution in [0.25, 0.3) is 11.2 Å². The van der Waals surface area contributed by atoms with E-state index in [4.69, 9.17) is 4.98 Å². The molecule has 1 aliphatic rings. The number of piperidine rings is 1. The van der Waals surface area contributed by atoms with Gasteiger partial charge in [0.15, 0.2) is 5.65 Å². The van der Waals surface area contributed by atoms with Gasteiger partial charge in [-0.1, -0.05) is 18.6 Å². The van der Waals surface area contributed by atoms with Crippen LogP contribution in [0.3, 0.4) is 0 Å². The van der Waals surface area contributed by atoms with Gasteiger partial charge in [0.25, 0.3) is 0 Å². The Morgan fingerprint density at radius 1 is 1.22 bits per heavy atom. The number of benzene rings is 1. The summed E-state index contributed by atoms with van der Waals surface area (Å²) in [5.41, 5.74) is 2.88. The number of imidazole rings is 1. The number of phenols is 1. The number of phenolic OH excluding ortho intramolecular Hbond substituents is 1. The SMILES string of the molecule is Oc1cccc(Cn2c(C3CCCCN3)nc3cccnc32)c1. The zero-order valence-corrected chi connectivity index (χ0v) is 12.9. The summed E-state index contributed by atoms with van der Waals surface area (Å²) in [6.45, 7) is 1.70. The molecule has 2 N–H and O–H groups in total. The molecule has 5 nitrogen and oxygen atoms in total. The van der Waals surface area contributed by atoms with E-state index in [0.717, 1.165) is 35.5 Å². The fraction of sp³-hybridized carbons (Fsp3) is 0.333. The zero-order valence-electron chi connectivity index (χ0n) is 12.9. The number of hydrogen-bond donors (Lipinski definition) is 2. The highest BCUT2D eigenvalue weighted by Crippen LogP contribution is 2.26. The molecule has 1 aromatic carbocycles. The van der Waals surface area contributed by atoms with Gasteiger partial charge in [-0.3, -0.25) is 0 Å². The number of nitrogens with zero attached hydrogens (tertiary/aromatic N) is 3. The lowest BCUT2D eigenvalue weighted by molar-refractivity contribution is 0.389. The minimum absolute atomic E-state index is 0.273. The van der Waals surface area contributed by atoms with E-state index in [1.807, 2.05) is 24.3 Å². The van der Waals surface area contributed by atoms with Gasteiger partial charge in [-0.25, -0.2) is 9.97 Å². The van der Waals surface area contributed by atoms with Gasteiger partial charge in [0.1, 0.15) is 17.1 Å². The van der Waals surface area contributed by atoms with Crippen LogP contribution in [-0.2, 0) is 6.54 Å². The molecule has 23 heavy (non-hydrogen) atoms. The largest absolute Gasteiger partial charge is 0.508 e. The minimum Gasteiger partial charge on any atom is -0.508 e. The van der Waals surface area contributed by atoms with Crippen molar-refractivity contribution in [2.45, 2.75) is 31.8 Å². The Morgan fingerprint density at radius 2 is 2.17 bits per heavy atom. The van der Waals surface area contributed by atoms with E-state index in [1.54, 1.807) is 18.3 Å². The van der Waals surface area contributed by atoms with Crippen LogP contribution in [0, 0.1) is 0 Å². The lowest BCUT2D eigenvalue weighted by Gasteiger charge is -2.23. The Hall–Kier alpha value is -2.40. The first-order valence-corrected chi connectivity index (χ1v) is 8.14. The van der Waals surface area contributed by atoms with Gasteiger partial charge in [0.2, 0.25) is 0 Å². The molecule has 0 amide bonds. The first kappa shape index (κ1) is 14.2. The van der Waals surface area contributed by atoms with Gasteiger partial charge < -0.3 is 15.0 Å². The van der Waals surface area contributed by atoms with E-state index in [1.165, 1.54) is 12.8 Å². The number of aromatic hydroxyl groups is 1. The van der Waals surface area contributed by atoms with Crippen molar-refractivity contribution < 1.29 is 5.11 Å². The van der Waals surface area contributed by atoms with Crippen molar-refractivity contribution in [2.24, 2.45) is 0 Å². The maximum atomic E-state index is 9.72. The van der Waals surface area contributed by atoms with Crippen LogP contribution >= 0.6 is 0 Å². The van der Waals surface area contributed by atoms with E-state index in [-0.39, 0.29) is 11.8 Å². The Morgan fingerprint density at radius 3 is 3.00 bits per heavy atom. The van der Waals surface area contributed by atoms with Gasteiger partial charge in [-0.2, -0.15) is 0 Å². The molecular formula is C18H20N4O. The van der Waals surface area contributed by atoms with Crippen LogP contribution in [0.2, 0.25) is 0 Å². The fourth-order valence-electron chi connectivity index (χ4n) is 3.31. The molecule has 0 radical (unpaired) electrons. The van der Waals surface area contributed by atoms with Gasteiger partial charge >= 0.3 is 0 Å². The third-order valence-electron chi connectivity index (χ3n) is 4.41. The van der Waals surface area contributed by atoms with Crippen molar-refractivity contribution in [3.63, 3.8) is 0 Å². The van der Waals surface area contributed by atoms with Gasteiger partial charge in [0.05, 0.1) is 12.6 Å². The van der Waals surface area contributed by atoms with E-state index in [9.17, 15) is 5.11 Å². The third-order valence-corrected chi connectivity index (χ3v) is 4.41. The molecule has 1 saturated heterocycles. The number of rotatable bonds is 3. The molecule has 4 rings (SSSR count). The van der Waals surface area contributed by atoms with Crippen LogP contribution in [-0.4, -0.2) is 26.2 Å². The summed E-state index contributed by atoms with van der Waals surface area (Å²) in [6, 6.07) is 11.6. The maximum Gasteiger partial charge on any atom is 0.160 e. The molecule has 2 aromatic heterocycles. The Balaban J connectivity index is 1.79. The highest BCUT2D eigenvalue weighted by Gasteiger charge is 2.22. The monoisotopic (exact) mass is 308 g/mol. The Kier molecular flexibility index (Phi) is 3.71. The molecule has 118 valence electrons. The molecule has 0 aliphatic carbocycles. The zero-order chi connectivity index (χ0) is 15.6. The molecule has 1 fully saturated rings. The molecule has 3 aromatic rings. The lowest BCUT2D eigenvalue weighted by Crippen LogP contribution is -2.29. The first-order valence-electron chi connectivity index (χ1n) is 8.14. The molecule has 3 heterocycles. The quantitative estimate of drug-likeness (QED) is 0.781. The van der Waals surface area contributed by atoms with Gasteiger partial charge in [-0.05, 0) is 49.2 Å². The van der Waals surface area contributed by atoms with Crippen molar-refractivity contribution >= 4 is 11.2 Å². The summed E-state index contributed by atoms with van der Waals surface area (Å²) >= 11 is 0. The number of pyridine rings is 1. The summed E-state index contributed by atoms with van der Waals surface area (Å²) in [5.74, 6) is 1.33. The molecule has 5 heteroatoms. The number of nitrogens with one attached hydrogen (secondary N) is 1. The second-order valence-electron chi connectivity index (χ2n) is 6.07. The number of fused-ring (bicyclic) bond motifs is 1. The summed E-state index contributed by atoms with van der Waals surface area (Å²) < 4.78 is 2.17. The van der Waals surface area contributed by atoms with Crippen LogP contribution in [0.1, 0.15) is 36.7 Å². The van der Waals surface area contributed by atoms with E-state index in [2.05, 4.69) is 14.9 Å². The molecule has 0 bridgehead atoms. The Bertz CT molecular complexity index is 821. The Labute approximate surface area is 135 Å². The van der Waals surface area contributed by atoms with Crippen LogP contribution in [0.4, 0.5) is 0 Å². The second kappa shape index (κ2) is 6.01. The number of hydrogen-bond acceptors (Lipinski definition) is 4. The summed E-state index contributed by atoms with van der Waals surface area (Å²) in [5, 5.41) is 13.3. The van der Waals surface area contributed by atoms with E-state index < -0.39 is 0 Å². The normalized spacial score (nSPS) is 18.3. The van der Waals surface area contributed by atoms with Crippen LogP contribution in [0.15, 0.2) is 42.6 Å². The van der Waals surface area contributed by atoms with Crippen molar-refractivity contribution in [3.8, 4) is 5.75 Å². The topological polar surface area (TPSA) is 63.0 Å². The van der Waals surface area contributed by atoms with Gasteiger partial charge in [0, 0.05) is 6.20 Å². The van der Waals surface area contributed by atoms with Crippen molar-refractivity contribution in [2.75, 3.05) is 6.54 Å². The van der Waals surface area contributed by atoms with Crippen molar-refractivity contribution in [3.05, 3.63) is 54.0 Å². The fourth-order valence-corrected chi connectivity index (χ4v) is 3.31. The van der Waals surface area contributed by atoms with Crippen LogP contribution < -0.4 is 5.32 Å². The molecule has 1 unspecified atom stereocenters. The third kappa shape index (κ3) is 2.80. The summed E-state index contributed by atoms with van der Waals surface area (Å²) in [4.78, 5) is 9.36. The predicted molar refractivity (Wildman–Crippen MR) is 89.3 cm³/mol. The van der Waals surface area contributed by atoms with Gasteiger partial charge in [-0.15, -0.1) is 0 Å². The second-order valence-corrected chi connectivity index (χ2v) is 6.07. The van der Waals surface area contributed by atoms with Crippen molar-refractivity contribution in [1.82, 2.24) is 19.9 Å². The molecule has 1 aliphatic heterocycles. The highest BCUT2D eigenvalue weighted by atomic mass is 16.3. The summed E-state index contributed by atoms with van der Waals surface area (Å²) in [6.07, 6.45) is 5.35. The highest BCUT2D eigenvalue weighted by molar-refractivity contribution is 5.71. The van der Waals surface area contributed by atoms with E-state index in [0.29, 0.717) is 6.54 Å². The first-order chi connectivity index (χ1) is 11.3. The smallest absolute Gasteiger partial charge is 0.160 e. The average molecular weight is 308 g/mol. The number of aromatic nitrogens is 3. The molecule has 0 spiro atoms. The average Bonchev–Trinajstić information content (AvgIpc) is 2.95. The van der Waals surface area contributed by atoms with E-state index >= 15 is 0 Å². The lowest BCUT2D eigenvalue weighted by atomic mass is 10.0. The predicted octanol–water partition coefficient (Wildman–Crippen LogP) is 3.00. The molecule has 0 saturated carbocycles. The summed E-state index contributed by atoms with van der Waals surface area (Å²) in [7, 11) is 0. The minimum atomic E-state index is 0.273. The molecular weight excluding hydrogens is 288 g/mol.